The molecule has 0 saturated heterocycles. The second-order valence-corrected chi connectivity index (χ2v) is 7.45. The summed E-state index contributed by atoms with van der Waals surface area (Å²) in [6.07, 6.45) is 0. The lowest BCUT2D eigenvalue weighted by Crippen LogP contribution is -2.20. The molecule has 7 heteroatoms. The van der Waals surface area contributed by atoms with E-state index in [-0.39, 0.29) is 12.5 Å². The van der Waals surface area contributed by atoms with E-state index in [2.05, 4.69) is 36.3 Å². The van der Waals surface area contributed by atoms with Crippen LogP contribution in [-0.4, -0.2) is 17.5 Å². The molecule has 2 aromatic carbocycles. The summed E-state index contributed by atoms with van der Waals surface area (Å²) in [4.78, 5) is 16.5. The highest BCUT2D eigenvalue weighted by molar-refractivity contribution is 7.14. The monoisotopic (exact) mass is 406 g/mol. The molecule has 0 aliphatic carbocycles. The summed E-state index contributed by atoms with van der Waals surface area (Å²) in [6, 6.07) is 11.0. The van der Waals surface area contributed by atoms with Crippen molar-refractivity contribution in [1.82, 2.24) is 4.98 Å². The van der Waals surface area contributed by atoms with Crippen molar-refractivity contribution in [3.05, 3.63) is 63.0 Å². The predicted octanol–water partition coefficient (Wildman–Crippen LogP) is 5.75. The van der Waals surface area contributed by atoms with Crippen LogP contribution in [0.25, 0.3) is 11.3 Å². The zero-order valence-electron chi connectivity index (χ0n) is 14.2. The van der Waals surface area contributed by atoms with E-state index in [1.54, 1.807) is 18.2 Å². The summed E-state index contributed by atoms with van der Waals surface area (Å²) >= 11 is 13.2. The average molecular weight is 407 g/mol. The van der Waals surface area contributed by atoms with Crippen LogP contribution in [0.15, 0.2) is 41.8 Å². The Kier molecular flexibility index (Phi) is 5.81. The van der Waals surface area contributed by atoms with E-state index in [1.807, 2.05) is 11.4 Å². The summed E-state index contributed by atoms with van der Waals surface area (Å²) in [5.74, 6) is 0.0955. The first kappa shape index (κ1) is 18.7. The molecule has 0 fully saturated rings. The van der Waals surface area contributed by atoms with Gasteiger partial charge in [0, 0.05) is 16.0 Å². The fourth-order valence-corrected chi connectivity index (χ4v) is 3.45. The molecule has 0 atom stereocenters. The second kappa shape index (κ2) is 8.08. The third kappa shape index (κ3) is 4.55. The summed E-state index contributed by atoms with van der Waals surface area (Å²) < 4.78 is 5.42. The van der Waals surface area contributed by atoms with Crippen molar-refractivity contribution in [3.8, 4) is 17.0 Å². The van der Waals surface area contributed by atoms with Gasteiger partial charge in [0.1, 0.15) is 5.75 Å². The second-order valence-electron chi connectivity index (χ2n) is 5.75. The van der Waals surface area contributed by atoms with Crippen LogP contribution in [0, 0.1) is 13.8 Å². The number of anilines is 1. The Balaban J connectivity index is 1.61. The number of aromatic nitrogens is 1. The van der Waals surface area contributed by atoms with Crippen LogP contribution in [-0.2, 0) is 4.79 Å². The van der Waals surface area contributed by atoms with E-state index in [0.717, 1.165) is 11.3 Å². The molecule has 0 aliphatic rings. The number of nitrogens with one attached hydrogen (secondary N) is 1. The Morgan fingerprint density at radius 1 is 1.15 bits per heavy atom. The standard InChI is InChI=1S/C19H16Cl2N2O2S/c1-11-3-4-13(7-12(11)2)16-10-26-19(22-16)23-18(24)9-25-17-6-5-14(20)8-15(17)21/h3-8,10H,9H2,1-2H3,(H,22,23,24). The van der Waals surface area contributed by atoms with Gasteiger partial charge in [0.05, 0.1) is 10.7 Å². The predicted molar refractivity (Wildman–Crippen MR) is 108 cm³/mol. The van der Waals surface area contributed by atoms with Gasteiger partial charge in [-0.2, -0.15) is 0 Å². The lowest BCUT2D eigenvalue weighted by molar-refractivity contribution is -0.118. The Labute approximate surface area is 165 Å². The molecule has 0 bridgehead atoms. The number of amides is 1. The lowest BCUT2D eigenvalue weighted by atomic mass is 10.1. The molecule has 0 radical (unpaired) electrons. The summed E-state index contributed by atoms with van der Waals surface area (Å²) in [6.45, 7) is 3.96. The van der Waals surface area contributed by atoms with E-state index < -0.39 is 0 Å². The first-order valence-electron chi connectivity index (χ1n) is 7.83. The van der Waals surface area contributed by atoms with Gasteiger partial charge in [0.25, 0.3) is 5.91 Å². The van der Waals surface area contributed by atoms with Crippen LogP contribution < -0.4 is 10.1 Å². The Bertz CT molecular complexity index is 956. The zero-order valence-corrected chi connectivity index (χ0v) is 16.5. The number of rotatable bonds is 5. The van der Waals surface area contributed by atoms with E-state index >= 15 is 0 Å². The molecule has 1 amide bonds. The molecule has 0 spiro atoms. The summed E-state index contributed by atoms with van der Waals surface area (Å²) in [5, 5.41) is 6.03. The molecule has 0 aliphatic heterocycles. The number of benzene rings is 2. The minimum Gasteiger partial charge on any atom is -0.482 e. The Morgan fingerprint density at radius 2 is 1.96 bits per heavy atom. The lowest BCUT2D eigenvalue weighted by Gasteiger charge is -2.07. The summed E-state index contributed by atoms with van der Waals surface area (Å²) in [5.41, 5.74) is 4.29. The molecular weight excluding hydrogens is 391 g/mol. The first-order valence-corrected chi connectivity index (χ1v) is 9.47. The number of nitrogens with zero attached hydrogens (tertiary/aromatic N) is 1. The number of carbonyl (C=O) groups is 1. The fourth-order valence-electron chi connectivity index (χ4n) is 2.26. The van der Waals surface area contributed by atoms with Crippen LogP contribution in [0.2, 0.25) is 10.0 Å². The Morgan fingerprint density at radius 3 is 2.69 bits per heavy atom. The zero-order chi connectivity index (χ0) is 18.7. The minimum absolute atomic E-state index is 0.167. The van der Waals surface area contributed by atoms with Crippen molar-refractivity contribution in [3.63, 3.8) is 0 Å². The highest BCUT2D eigenvalue weighted by Gasteiger charge is 2.10. The third-order valence-corrected chi connectivity index (χ3v) is 5.09. The molecule has 1 aromatic heterocycles. The maximum absolute atomic E-state index is 12.1. The molecule has 26 heavy (non-hydrogen) atoms. The van der Waals surface area contributed by atoms with Gasteiger partial charge < -0.3 is 4.74 Å². The van der Waals surface area contributed by atoms with Crippen molar-refractivity contribution < 1.29 is 9.53 Å². The highest BCUT2D eigenvalue weighted by atomic mass is 35.5. The number of hydrogen-bond donors (Lipinski definition) is 1. The van der Waals surface area contributed by atoms with Crippen molar-refractivity contribution in [2.45, 2.75) is 13.8 Å². The smallest absolute Gasteiger partial charge is 0.264 e. The molecule has 3 rings (SSSR count). The number of carbonyl (C=O) groups excluding carboxylic acids is 1. The largest absolute Gasteiger partial charge is 0.482 e. The van der Waals surface area contributed by atoms with Crippen molar-refractivity contribution in [1.29, 1.82) is 0 Å². The molecule has 1 heterocycles. The SMILES string of the molecule is Cc1ccc(-c2csc(NC(=O)COc3ccc(Cl)cc3Cl)n2)cc1C. The van der Waals surface area contributed by atoms with E-state index in [9.17, 15) is 4.79 Å². The topological polar surface area (TPSA) is 51.2 Å². The van der Waals surface area contributed by atoms with Gasteiger partial charge >= 0.3 is 0 Å². The van der Waals surface area contributed by atoms with Crippen molar-refractivity contribution in [2.75, 3.05) is 11.9 Å². The van der Waals surface area contributed by atoms with Crippen LogP contribution in [0.4, 0.5) is 5.13 Å². The molecule has 1 N–H and O–H groups in total. The third-order valence-electron chi connectivity index (χ3n) is 3.81. The number of aryl methyl sites for hydroxylation is 2. The highest BCUT2D eigenvalue weighted by Crippen LogP contribution is 2.28. The first-order chi connectivity index (χ1) is 12.4. The molecular formula is C19H16Cl2N2O2S. The number of thiazole rings is 1. The van der Waals surface area contributed by atoms with Gasteiger partial charge in [0.2, 0.25) is 0 Å². The number of halogens is 2. The average Bonchev–Trinajstić information content (AvgIpc) is 3.05. The van der Waals surface area contributed by atoms with E-state index in [0.29, 0.717) is 20.9 Å². The van der Waals surface area contributed by atoms with Gasteiger partial charge in [-0.25, -0.2) is 4.98 Å². The van der Waals surface area contributed by atoms with E-state index in [1.165, 1.54) is 22.5 Å². The quantitative estimate of drug-likeness (QED) is 0.586. The van der Waals surface area contributed by atoms with Crippen LogP contribution in [0.1, 0.15) is 11.1 Å². The normalized spacial score (nSPS) is 10.6. The van der Waals surface area contributed by atoms with Crippen LogP contribution >= 0.6 is 34.5 Å². The van der Waals surface area contributed by atoms with Gasteiger partial charge in [-0.15, -0.1) is 11.3 Å². The molecule has 4 nitrogen and oxygen atoms in total. The van der Waals surface area contributed by atoms with Gasteiger partial charge in [-0.3, -0.25) is 10.1 Å². The fraction of sp³-hybridized carbons (Fsp3) is 0.158. The van der Waals surface area contributed by atoms with Gasteiger partial charge in [0.15, 0.2) is 11.7 Å². The molecule has 134 valence electrons. The van der Waals surface area contributed by atoms with Gasteiger partial charge in [-0.1, -0.05) is 35.3 Å². The van der Waals surface area contributed by atoms with Crippen LogP contribution in [0.3, 0.4) is 0 Å². The maximum atomic E-state index is 12.1. The minimum atomic E-state index is -0.308. The molecule has 0 saturated carbocycles. The maximum Gasteiger partial charge on any atom is 0.264 e. The van der Waals surface area contributed by atoms with E-state index in [4.69, 9.17) is 27.9 Å². The number of ether oxygens (including phenoxy) is 1. The van der Waals surface area contributed by atoms with Crippen molar-refractivity contribution in [2.24, 2.45) is 0 Å². The van der Waals surface area contributed by atoms with Crippen LogP contribution in [0.5, 0.6) is 5.75 Å². The van der Waals surface area contributed by atoms with Gasteiger partial charge in [-0.05, 0) is 49.2 Å². The number of hydrogen-bond acceptors (Lipinski definition) is 4. The summed E-state index contributed by atoms with van der Waals surface area (Å²) in [7, 11) is 0. The molecule has 0 unspecified atom stereocenters. The Hall–Kier alpha value is -2.08. The molecule has 3 aromatic rings. The van der Waals surface area contributed by atoms with Crippen molar-refractivity contribution >= 4 is 45.6 Å².